The molecule has 5 atom stereocenters. The molecule has 4 N–H and O–H groups in total. The van der Waals surface area contributed by atoms with Crippen LogP contribution in [0.3, 0.4) is 0 Å². The molecule has 2 fully saturated rings. The first-order valence-electron chi connectivity index (χ1n) is 19.9. The number of anilines is 2. The SMILES string of the molecule is C[C@H]1C(=O)N2c3ccccc3[C@@]3(C[C@@H](NC(=O)c4ccccc4NC(=O)[C@@](C)(N)C(=O)OCC4c5ccccc5-c5ccccc54)C(=O)O3)[C@H]2N1C(=O)OCc1ccccc1. The molecule has 14 nitrogen and oxygen atoms in total. The molecule has 4 amide bonds. The summed E-state index contributed by atoms with van der Waals surface area (Å²) >= 11 is 0. The van der Waals surface area contributed by atoms with Gasteiger partial charge in [0.05, 0.1) is 16.9 Å². The van der Waals surface area contributed by atoms with Crippen molar-refractivity contribution in [2.75, 3.05) is 16.8 Å². The molecule has 0 bridgehead atoms. The monoisotopic (exact) mass is 819 g/mol. The van der Waals surface area contributed by atoms with Crippen molar-refractivity contribution in [2.45, 2.75) is 62.2 Å². The first kappa shape index (κ1) is 39.2. The van der Waals surface area contributed by atoms with Gasteiger partial charge in [0, 0.05) is 17.9 Å². The summed E-state index contributed by atoms with van der Waals surface area (Å²) in [7, 11) is 0. The second-order valence-corrected chi connectivity index (χ2v) is 15.8. The fourth-order valence-corrected chi connectivity index (χ4v) is 8.92. The quantitative estimate of drug-likeness (QED) is 0.0995. The predicted octanol–water partition coefficient (Wildman–Crippen LogP) is 5.35. The molecule has 4 aliphatic rings. The van der Waals surface area contributed by atoms with Gasteiger partial charge < -0.3 is 30.6 Å². The maximum absolute atomic E-state index is 14.0. The van der Waals surface area contributed by atoms with E-state index in [-0.39, 0.29) is 42.7 Å². The number of carbonyl (C=O) groups is 6. The fourth-order valence-electron chi connectivity index (χ4n) is 8.92. The number of nitrogens with zero attached hydrogens (tertiary/aromatic N) is 2. The van der Waals surface area contributed by atoms with Crippen molar-refractivity contribution in [3.63, 3.8) is 0 Å². The summed E-state index contributed by atoms with van der Waals surface area (Å²) in [5.74, 6) is -4.06. The van der Waals surface area contributed by atoms with Crippen LogP contribution < -0.4 is 21.3 Å². The van der Waals surface area contributed by atoms with E-state index >= 15 is 0 Å². The Hall–Kier alpha value is -7.32. The number of benzene rings is 5. The number of fused-ring (bicyclic) bond motifs is 8. The minimum atomic E-state index is -2.16. The summed E-state index contributed by atoms with van der Waals surface area (Å²) in [4.78, 5) is 85.3. The third-order valence-corrected chi connectivity index (χ3v) is 12.0. The summed E-state index contributed by atoms with van der Waals surface area (Å²) in [5.41, 5.74) is 8.40. The summed E-state index contributed by atoms with van der Waals surface area (Å²) in [6, 6.07) is 35.6. The van der Waals surface area contributed by atoms with Gasteiger partial charge in [0.25, 0.3) is 17.7 Å². The first-order valence-corrected chi connectivity index (χ1v) is 19.9. The van der Waals surface area contributed by atoms with E-state index < -0.39 is 59.2 Å². The van der Waals surface area contributed by atoms with Gasteiger partial charge in [-0.15, -0.1) is 0 Å². The Labute approximate surface area is 350 Å². The standard InChI is InChI=1S/C47H41N5O9/c1-27-40(54)52-38-23-13-11-21-35(38)47(43(52)51(27)45(58)60-25-28-14-4-3-5-15-28)24-37(41(55)61-47)49-39(53)33-20-10-12-22-36(33)50-42(56)46(2,48)44(57)59-26-34-31-18-8-6-16-29(31)30-17-7-9-19-32(30)34/h3-23,27,34,37,43H,24-26,48H2,1-2H3,(H,49,53)(H,50,56)/t27-,37+,43-,46+,47-/m0/s1. The van der Waals surface area contributed by atoms with Crippen LogP contribution in [0.25, 0.3) is 11.1 Å². The molecular formula is C47H41N5O9. The summed E-state index contributed by atoms with van der Waals surface area (Å²) < 4.78 is 17.6. The Morgan fingerprint density at radius 1 is 0.820 bits per heavy atom. The topological polar surface area (TPSA) is 187 Å². The first-order chi connectivity index (χ1) is 29.4. The van der Waals surface area contributed by atoms with Crippen molar-refractivity contribution in [3.05, 3.63) is 155 Å². The molecule has 0 saturated carbocycles. The van der Waals surface area contributed by atoms with Crippen molar-refractivity contribution >= 4 is 47.1 Å². The second kappa shape index (κ2) is 15.1. The van der Waals surface area contributed by atoms with E-state index in [9.17, 15) is 28.8 Å². The number of esters is 2. The number of nitrogens with two attached hydrogens (primary N) is 1. The van der Waals surface area contributed by atoms with Crippen molar-refractivity contribution < 1.29 is 43.0 Å². The van der Waals surface area contributed by atoms with Crippen LogP contribution in [-0.2, 0) is 45.6 Å². The van der Waals surface area contributed by atoms with Gasteiger partial charge in [-0.25, -0.2) is 14.4 Å². The number of hydrogen-bond acceptors (Lipinski definition) is 10. The molecule has 5 aromatic carbocycles. The lowest BCUT2D eigenvalue weighted by Gasteiger charge is -2.35. The molecule has 3 heterocycles. The lowest BCUT2D eigenvalue weighted by Crippen LogP contribution is -2.56. The second-order valence-electron chi connectivity index (χ2n) is 15.8. The molecule has 3 aliphatic heterocycles. The lowest BCUT2D eigenvalue weighted by atomic mass is 9.88. The molecule has 5 aromatic rings. The number of carbonyl (C=O) groups excluding carboxylic acids is 6. The van der Waals surface area contributed by atoms with Gasteiger partial charge in [-0.2, -0.15) is 0 Å². The maximum atomic E-state index is 14.0. The number of rotatable bonds is 9. The van der Waals surface area contributed by atoms with E-state index in [1.807, 2.05) is 66.7 Å². The van der Waals surface area contributed by atoms with Crippen LogP contribution in [0, 0.1) is 0 Å². The Morgan fingerprint density at radius 3 is 2.16 bits per heavy atom. The highest BCUT2D eigenvalue weighted by molar-refractivity contribution is 6.14. The molecule has 0 aromatic heterocycles. The molecule has 9 rings (SSSR count). The van der Waals surface area contributed by atoms with Crippen molar-refractivity contribution in [1.29, 1.82) is 0 Å². The summed E-state index contributed by atoms with van der Waals surface area (Å²) in [5, 5.41) is 5.34. The minimum absolute atomic E-state index is 0.0224. The van der Waals surface area contributed by atoms with Gasteiger partial charge in [-0.05, 0) is 59.9 Å². The average molecular weight is 820 g/mol. The van der Waals surface area contributed by atoms with Gasteiger partial charge in [-0.1, -0.05) is 109 Å². The third kappa shape index (κ3) is 6.46. The van der Waals surface area contributed by atoms with E-state index in [2.05, 4.69) is 10.6 Å². The zero-order valence-corrected chi connectivity index (χ0v) is 33.2. The van der Waals surface area contributed by atoms with Crippen molar-refractivity contribution in [1.82, 2.24) is 10.2 Å². The van der Waals surface area contributed by atoms with Crippen LogP contribution in [0.4, 0.5) is 16.2 Å². The normalized spacial score (nSPS) is 21.8. The molecule has 0 radical (unpaired) electrons. The number of hydrogen-bond donors (Lipinski definition) is 3. The Balaban J connectivity index is 0.907. The van der Waals surface area contributed by atoms with Gasteiger partial charge >= 0.3 is 18.0 Å². The molecule has 0 unspecified atom stereocenters. The number of ether oxygens (including phenoxy) is 3. The number of nitrogens with one attached hydrogen (secondary N) is 2. The highest BCUT2D eigenvalue weighted by Crippen LogP contribution is 2.55. The predicted molar refractivity (Wildman–Crippen MR) is 222 cm³/mol. The zero-order chi connectivity index (χ0) is 42.6. The molecule has 14 heteroatoms. The fraction of sp³-hybridized carbons (Fsp3) is 0.234. The van der Waals surface area contributed by atoms with Crippen molar-refractivity contribution in [2.24, 2.45) is 5.73 Å². The third-order valence-electron chi connectivity index (χ3n) is 12.0. The smallest absolute Gasteiger partial charge is 0.412 e. The van der Waals surface area contributed by atoms with E-state index in [0.29, 0.717) is 11.3 Å². The minimum Gasteiger partial charge on any atom is -0.463 e. The van der Waals surface area contributed by atoms with Gasteiger partial charge in [0.15, 0.2) is 17.3 Å². The highest BCUT2D eigenvalue weighted by Gasteiger charge is 2.68. The zero-order valence-electron chi connectivity index (χ0n) is 33.2. The summed E-state index contributed by atoms with van der Waals surface area (Å²) in [6.07, 6.45) is -2.02. The molecule has 1 spiro atoms. The van der Waals surface area contributed by atoms with Crippen LogP contribution >= 0.6 is 0 Å². The van der Waals surface area contributed by atoms with Crippen molar-refractivity contribution in [3.8, 4) is 11.1 Å². The molecule has 2 saturated heterocycles. The maximum Gasteiger partial charge on any atom is 0.412 e. The van der Waals surface area contributed by atoms with Crippen LogP contribution in [-0.4, -0.2) is 71.0 Å². The van der Waals surface area contributed by atoms with Gasteiger partial charge in [0.1, 0.15) is 25.3 Å². The molecule has 308 valence electrons. The van der Waals surface area contributed by atoms with Crippen LogP contribution in [0.5, 0.6) is 0 Å². The van der Waals surface area contributed by atoms with E-state index in [1.54, 1.807) is 55.5 Å². The Morgan fingerprint density at radius 2 is 1.44 bits per heavy atom. The van der Waals surface area contributed by atoms with Crippen LogP contribution in [0.1, 0.15) is 58.8 Å². The Kier molecular flexibility index (Phi) is 9.66. The average Bonchev–Trinajstić information content (AvgIpc) is 3.95. The summed E-state index contributed by atoms with van der Waals surface area (Å²) in [6.45, 7) is 2.72. The molecule has 61 heavy (non-hydrogen) atoms. The lowest BCUT2D eigenvalue weighted by molar-refractivity contribution is -0.154. The van der Waals surface area contributed by atoms with Crippen LogP contribution in [0.15, 0.2) is 127 Å². The largest absolute Gasteiger partial charge is 0.463 e. The van der Waals surface area contributed by atoms with Crippen LogP contribution in [0.2, 0.25) is 0 Å². The van der Waals surface area contributed by atoms with E-state index in [4.69, 9.17) is 19.9 Å². The van der Waals surface area contributed by atoms with E-state index in [1.165, 1.54) is 28.9 Å². The molecular weight excluding hydrogens is 779 g/mol. The highest BCUT2D eigenvalue weighted by atomic mass is 16.6. The van der Waals surface area contributed by atoms with Gasteiger partial charge in [-0.3, -0.25) is 24.2 Å². The number of para-hydroxylation sites is 2. The molecule has 1 aliphatic carbocycles. The Bertz CT molecular complexity index is 2590. The number of amides is 4. The van der Waals surface area contributed by atoms with Gasteiger partial charge in [0.2, 0.25) is 0 Å². The van der Waals surface area contributed by atoms with E-state index in [0.717, 1.165) is 27.8 Å².